The van der Waals surface area contributed by atoms with Gasteiger partial charge < -0.3 is 14.2 Å². The third-order valence-electron chi connectivity index (χ3n) is 11.1. The smallest absolute Gasteiger partial charge is 0.306 e. The van der Waals surface area contributed by atoms with E-state index in [1.165, 1.54) is 148 Å². The van der Waals surface area contributed by atoms with Crippen LogP contribution in [0, 0.1) is 0 Å². The Morgan fingerprint density at radius 1 is 0.333 bits per heavy atom. The molecule has 0 heterocycles. The maximum Gasteiger partial charge on any atom is 0.306 e. The standard InChI is InChI=1S/C54H96O6/c1-4-7-10-13-16-19-22-25-26-27-28-30-32-35-38-41-44-47-53(56)59-50-51(49-58-52(55)46-43-40-37-34-31-24-21-18-15-12-9-6-3)60-54(57)48-45-42-39-36-33-29-23-20-17-14-11-8-5-2/h16,19,25-26,29,33,39,42,51H,4-15,17-18,20-24,27-28,30-32,34-38,40-41,43-50H2,1-3H3/b19-16-,26-25-,33-29-,42-39-. The molecule has 1 unspecified atom stereocenters. The van der Waals surface area contributed by atoms with Crippen molar-refractivity contribution in [2.75, 3.05) is 13.2 Å². The van der Waals surface area contributed by atoms with Gasteiger partial charge in [0.25, 0.3) is 0 Å². The first kappa shape index (κ1) is 57.4. The van der Waals surface area contributed by atoms with Crippen molar-refractivity contribution in [2.24, 2.45) is 0 Å². The van der Waals surface area contributed by atoms with Crippen molar-refractivity contribution in [3.05, 3.63) is 48.6 Å². The van der Waals surface area contributed by atoms with Crippen molar-refractivity contribution in [1.82, 2.24) is 0 Å². The number of allylic oxidation sites excluding steroid dienone is 8. The minimum Gasteiger partial charge on any atom is -0.462 e. The Labute approximate surface area is 371 Å². The van der Waals surface area contributed by atoms with Crippen LogP contribution in [0.15, 0.2) is 48.6 Å². The average Bonchev–Trinajstić information content (AvgIpc) is 3.24. The molecule has 0 saturated carbocycles. The van der Waals surface area contributed by atoms with Crippen LogP contribution in [-0.2, 0) is 28.6 Å². The summed E-state index contributed by atoms with van der Waals surface area (Å²) >= 11 is 0. The van der Waals surface area contributed by atoms with Crippen LogP contribution in [0.5, 0.6) is 0 Å². The van der Waals surface area contributed by atoms with Crippen molar-refractivity contribution < 1.29 is 28.6 Å². The van der Waals surface area contributed by atoms with Crippen molar-refractivity contribution in [2.45, 2.75) is 264 Å². The lowest BCUT2D eigenvalue weighted by Gasteiger charge is -2.18. The van der Waals surface area contributed by atoms with Crippen molar-refractivity contribution >= 4 is 17.9 Å². The van der Waals surface area contributed by atoms with Crippen LogP contribution in [0.1, 0.15) is 258 Å². The second-order valence-corrected chi connectivity index (χ2v) is 17.1. The summed E-state index contributed by atoms with van der Waals surface area (Å²) in [6, 6.07) is 0. The van der Waals surface area contributed by atoms with Gasteiger partial charge in [-0.25, -0.2) is 0 Å². The van der Waals surface area contributed by atoms with Gasteiger partial charge in [-0.1, -0.05) is 217 Å². The molecule has 1 atom stereocenters. The molecule has 6 heteroatoms. The van der Waals surface area contributed by atoms with Gasteiger partial charge in [0, 0.05) is 19.3 Å². The molecule has 0 spiro atoms. The highest BCUT2D eigenvalue weighted by Gasteiger charge is 2.19. The number of carbonyl (C=O) groups excluding carboxylic acids is 3. The summed E-state index contributed by atoms with van der Waals surface area (Å²) in [5.41, 5.74) is 0. The summed E-state index contributed by atoms with van der Waals surface area (Å²) in [7, 11) is 0. The van der Waals surface area contributed by atoms with Gasteiger partial charge in [-0.3, -0.25) is 14.4 Å². The Morgan fingerprint density at radius 3 is 1.02 bits per heavy atom. The lowest BCUT2D eigenvalue weighted by atomic mass is 10.0. The van der Waals surface area contributed by atoms with E-state index in [4.69, 9.17) is 14.2 Å². The molecule has 0 fully saturated rings. The Balaban J connectivity index is 4.41. The molecule has 6 nitrogen and oxygen atoms in total. The van der Waals surface area contributed by atoms with Crippen LogP contribution < -0.4 is 0 Å². The van der Waals surface area contributed by atoms with Gasteiger partial charge in [-0.2, -0.15) is 0 Å². The quantitative estimate of drug-likeness (QED) is 0.0263. The van der Waals surface area contributed by atoms with E-state index < -0.39 is 6.10 Å². The van der Waals surface area contributed by atoms with Crippen molar-refractivity contribution in [3.8, 4) is 0 Å². The first-order valence-electron chi connectivity index (χ1n) is 25.6. The molecule has 0 aliphatic heterocycles. The van der Waals surface area contributed by atoms with Gasteiger partial charge in [0.05, 0.1) is 0 Å². The maximum atomic E-state index is 12.7. The molecule has 60 heavy (non-hydrogen) atoms. The SMILES string of the molecule is CCCCC/C=C\C/C=C\CCCCCCCCCC(=O)OCC(COC(=O)CCCCCCCCCCCCCC)OC(=O)CC/C=C\C/C=C\CCCCCCCC. The van der Waals surface area contributed by atoms with Crippen LogP contribution in [0.4, 0.5) is 0 Å². The zero-order valence-corrected chi connectivity index (χ0v) is 39.7. The summed E-state index contributed by atoms with van der Waals surface area (Å²) < 4.78 is 16.7. The lowest BCUT2D eigenvalue weighted by molar-refractivity contribution is -0.166. The third-order valence-corrected chi connectivity index (χ3v) is 11.1. The topological polar surface area (TPSA) is 78.9 Å². The predicted molar refractivity (Wildman–Crippen MR) is 256 cm³/mol. The van der Waals surface area contributed by atoms with E-state index in [2.05, 4.69) is 63.3 Å². The molecule has 0 aliphatic rings. The normalized spacial score (nSPS) is 12.4. The van der Waals surface area contributed by atoms with Gasteiger partial charge in [0.15, 0.2) is 6.10 Å². The Kier molecular flexibility index (Phi) is 46.9. The molecule has 348 valence electrons. The molecule has 0 N–H and O–H groups in total. The summed E-state index contributed by atoms with van der Waals surface area (Å²) in [4.78, 5) is 37.9. The van der Waals surface area contributed by atoms with Crippen LogP contribution in [0.3, 0.4) is 0 Å². The van der Waals surface area contributed by atoms with Gasteiger partial charge in [0.1, 0.15) is 13.2 Å². The van der Waals surface area contributed by atoms with Crippen molar-refractivity contribution in [3.63, 3.8) is 0 Å². The summed E-state index contributed by atoms with van der Waals surface area (Å²) in [5, 5.41) is 0. The monoisotopic (exact) mass is 841 g/mol. The first-order valence-corrected chi connectivity index (χ1v) is 25.6. The fourth-order valence-corrected chi connectivity index (χ4v) is 7.17. The Bertz CT molecular complexity index is 1060. The molecule has 0 aliphatic carbocycles. The maximum absolute atomic E-state index is 12.7. The number of carbonyl (C=O) groups is 3. The highest BCUT2D eigenvalue weighted by molar-refractivity contribution is 5.71. The van der Waals surface area contributed by atoms with Gasteiger partial charge in [0.2, 0.25) is 0 Å². The minimum atomic E-state index is -0.803. The lowest BCUT2D eigenvalue weighted by Crippen LogP contribution is -2.30. The number of esters is 3. The van der Waals surface area contributed by atoms with E-state index in [9.17, 15) is 14.4 Å². The number of ether oxygens (including phenoxy) is 3. The second kappa shape index (κ2) is 49.0. The van der Waals surface area contributed by atoms with Gasteiger partial charge >= 0.3 is 17.9 Å². The molecule has 0 saturated heterocycles. The van der Waals surface area contributed by atoms with Crippen molar-refractivity contribution in [1.29, 1.82) is 0 Å². The van der Waals surface area contributed by atoms with Crippen LogP contribution in [0.25, 0.3) is 0 Å². The Hall–Kier alpha value is -2.63. The van der Waals surface area contributed by atoms with E-state index in [0.717, 1.165) is 64.2 Å². The molecule has 0 amide bonds. The molecule has 0 radical (unpaired) electrons. The summed E-state index contributed by atoms with van der Waals surface area (Å²) in [6.45, 7) is 6.55. The Morgan fingerprint density at radius 2 is 0.633 bits per heavy atom. The largest absolute Gasteiger partial charge is 0.462 e. The van der Waals surface area contributed by atoms with E-state index in [-0.39, 0.29) is 37.5 Å². The molecule has 0 aromatic rings. The highest BCUT2D eigenvalue weighted by atomic mass is 16.6. The van der Waals surface area contributed by atoms with Gasteiger partial charge in [-0.15, -0.1) is 0 Å². The van der Waals surface area contributed by atoms with Crippen LogP contribution >= 0.6 is 0 Å². The molecule has 0 rings (SSSR count). The second-order valence-electron chi connectivity index (χ2n) is 17.1. The van der Waals surface area contributed by atoms with E-state index in [0.29, 0.717) is 19.3 Å². The fourth-order valence-electron chi connectivity index (χ4n) is 7.17. The van der Waals surface area contributed by atoms with Gasteiger partial charge in [-0.05, 0) is 70.6 Å². The minimum absolute atomic E-state index is 0.0959. The van der Waals surface area contributed by atoms with E-state index >= 15 is 0 Å². The molecule has 0 bridgehead atoms. The highest BCUT2D eigenvalue weighted by Crippen LogP contribution is 2.14. The number of hydrogen-bond acceptors (Lipinski definition) is 6. The fraction of sp³-hybridized carbons (Fsp3) is 0.796. The van der Waals surface area contributed by atoms with E-state index in [1.807, 2.05) is 6.08 Å². The van der Waals surface area contributed by atoms with Crippen LogP contribution in [0.2, 0.25) is 0 Å². The number of rotatable bonds is 46. The average molecular weight is 841 g/mol. The number of unbranched alkanes of at least 4 members (excludes halogenated alkanes) is 27. The first-order chi connectivity index (χ1) is 29.5. The zero-order chi connectivity index (χ0) is 43.7. The number of hydrogen-bond donors (Lipinski definition) is 0. The van der Waals surface area contributed by atoms with E-state index in [1.54, 1.807) is 0 Å². The van der Waals surface area contributed by atoms with Crippen LogP contribution in [-0.4, -0.2) is 37.2 Å². The third kappa shape index (κ3) is 46.4. The molecule has 0 aromatic heterocycles. The molecular weight excluding hydrogens is 745 g/mol. The summed E-state index contributed by atoms with van der Waals surface area (Å²) in [6.07, 6.45) is 58.2. The predicted octanol–water partition coefficient (Wildman–Crippen LogP) is 16.7. The molecular formula is C54H96O6. The summed E-state index contributed by atoms with van der Waals surface area (Å²) in [5.74, 6) is -0.967. The molecule has 0 aromatic carbocycles. The zero-order valence-electron chi connectivity index (χ0n) is 39.7.